The van der Waals surface area contributed by atoms with E-state index in [1.807, 2.05) is 5.38 Å². The number of hydrogen-bond acceptors (Lipinski definition) is 4. The zero-order valence-electron chi connectivity index (χ0n) is 15.4. The zero-order chi connectivity index (χ0) is 19.9. The van der Waals surface area contributed by atoms with Gasteiger partial charge in [-0.25, -0.2) is 4.98 Å². The molecule has 0 saturated heterocycles. The SMILES string of the molecule is CCCCCOc1ccc(C(=O)Nc2nc(-c3cc(Cl)ccc3Cl)cs2)cc1. The average molecular weight is 435 g/mol. The predicted molar refractivity (Wildman–Crippen MR) is 117 cm³/mol. The summed E-state index contributed by atoms with van der Waals surface area (Å²) in [6.07, 6.45) is 3.34. The minimum atomic E-state index is -0.226. The molecule has 146 valence electrons. The Hall–Kier alpha value is -2.08. The van der Waals surface area contributed by atoms with E-state index in [0.717, 1.165) is 30.6 Å². The van der Waals surface area contributed by atoms with E-state index in [1.165, 1.54) is 11.3 Å². The Bertz CT molecular complexity index is 942. The van der Waals surface area contributed by atoms with Crippen molar-refractivity contribution in [2.75, 3.05) is 11.9 Å². The molecule has 1 amide bonds. The maximum absolute atomic E-state index is 12.5. The molecule has 7 heteroatoms. The van der Waals surface area contributed by atoms with Crippen molar-refractivity contribution in [3.8, 4) is 17.0 Å². The molecule has 1 N–H and O–H groups in total. The number of nitrogens with zero attached hydrogens (tertiary/aromatic N) is 1. The van der Waals surface area contributed by atoms with Crippen molar-refractivity contribution < 1.29 is 9.53 Å². The number of unbranched alkanes of at least 4 members (excludes halogenated alkanes) is 2. The van der Waals surface area contributed by atoms with Crippen molar-refractivity contribution in [1.29, 1.82) is 0 Å². The zero-order valence-corrected chi connectivity index (χ0v) is 17.7. The molecule has 0 fully saturated rings. The van der Waals surface area contributed by atoms with Gasteiger partial charge in [0.2, 0.25) is 0 Å². The van der Waals surface area contributed by atoms with Gasteiger partial charge in [0.05, 0.1) is 17.3 Å². The van der Waals surface area contributed by atoms with Crippen molar-refractivity contribution in [2.45, 2.75) is 26.2 Å². The van der Waals surface area contributed by atoms with Gasteiger partial charge in [0.15, 0.2) is 5.13 Å². The van der Waals surface area contributed by atoms with Crippen LogP contribution in [0.1, 0.15) is 36.5 Å². The second-order valence-electron chi connectivity index (χ2n) is 6.20. The number of carbonyl (C=O) groups excluding carboxylic acids is 1. The van der Waals surface area contributed by atoms with Crippen LogP contribution in [0.15, 0.2) is 47.8 Å². The molecule has 0 saturated carbocycles. The number of rotatable bonds is 8. The third-order valence-corrected chi connectivity index (χ3v) is 5.38. The van der Waals surface area contributed by atoms with Gasteiger partial charge in [0.1, 0.15) is 5.75 Å². The van der Waals surface area contributed by atoms with Crippen molar-refractivity contribution in [1.82, 2.24) is 4.98 Å². The maximum atomic E-state index is 12.5. The Labute approximate surface area is 178 Å². The summed E-state index contributed by atoms with van der Waals surface area (Å²) in [7, 11) is 0. The summed E-state index contributed by atoms with van der Waals surface area (Å²) in [4.78, 5) is 16.9. The van der Waals surface area contributed by atoms with Crippen molar-refractivity contribution in [2.24, 2.45) is 0 Å². The lowest BCUT2D eigenvalue weighted by atomic mass is 10.2. The van der Waals surface area contributed by atoms with E-state index in [1.54, 1.807) is 42.5 Å². The fourth-order valence-corrected chi connectivity index (χ4v) is 3.65. The molecule has 28 heavy (non-hydrogen) atoms. The van der Waals surface area contributed by atoms with Crippen LogP contribution in [0.5, 0.6) is 5.75 Å². The van der Waals surface area contributed by atoms with E-state index >= 15 is 0 Å². The summed E-state index contributed by atoms with van der Waals surface area (Å²) in [5, 5.41) is 6.28. The van der Waals surface area contributed by atoms with Gasteiger partial charge < -0.3 is 4.74 Å². The van der Waals surface area contributed by atoms with Crippen LogP contribution in [0.25, 0.3) is 11.3 Å². The van der Waals surface area contributed by atoms with Gasteiger partial charge in [-0.2, -0.15) is 0 Å². The van der Waals surface area contributed by atoms with Crippen LogP contribution in [0.4, 0.5) is 5.13 Å². The first kappa shape index (κ1) is 20.6. The van der Waals surface area contributed by atoms with Crippen LogP contribution in [-0.2, 0) is 0 Å². The summed E-state index contributed by atoms with van der Waals surface area (Å²) in [5.41, 5.74) is 1.94. The Morgan fingerprint density at radius 2 is 1.93 bits per heavy atom. The number of hydrogen-bond donors (Lipinski definition) is 1. The Morgan fingerprint density at radius 1 is 1.14 bits per heavy atom. The second-order valence-corrected chi connectivity index (χ2v) is 7.90. The minimum absolute atomic E-state index is 0.226. The Morgan fingerprint density at radius 3 is 2.68 bits per heavy atom. The molecule has 0 aliphatic carbocycles. The maximum Gasteiger partial charge on any atom is 0.257 e. The highest BCUT2D eigenvalue weighted by atomic mass is 35.5. The van der Waals surface area contributed by atoms with Gasteiger partial charge in [-0.05, 0) is 48.9 Å². The topological polar surface area (TPSA) is 51.2 Å². The summed E-state index contributed by atoms with van der Waals surface area (Å²) in [6, 6.07) is 12.3. The number of ether oxygens (including phenoxy) is 1. The van der Waals surface area contributed by atoms with Gasteiger partial charge in [-0.15, -0.1) is 11.3 Å². The van der Waals surface area contributed by atoms with E-state index in [0.29, 0.717) is 33.0 Å². The number of carbonyl (C=O) groups is 1. The third-order valence-electron chi connectivity index (χ3n) is 4.06. The van der Waals surface area contributed by atoms with Crippen LogP contribution in [-0.4, -0.2) is 17.5 Å². The molecule has 2 aromatic carbocycles. The normalized spacial score (nSPS) is 10.7. The first-order chi connectivity index (χ1) is 13.6. The quantitative estimate of drug-likeness (QED) is 0.390. The van der Waals surface area contributed by atoms with Crippen LogP contribution in [0.2, 0.25) is 10.0 Å². The van der Waals surface area contributed by atoms with E-state index in [4.69, 9.17) is 27.9 Å². The molecule has 3 rings (SSSR count). The number of aromatic nitrogens is 1. The largest absolute Gasteiger partial charge is 0.494 e. The highest BCUT2D eigenvalue weighted by Gasteiger charge is 2.12. The van der Waals surface area contributed by atoms with Crippen LogP contribution in [0, 0.1) is 0 Å². The lowest BCUT2D eigenvalue weighted by Gasteiger charge is -2.07. The van der Waals surface area contributed by atoms with Crippen molar-refractivity contribution in [3.63, 3.8) is 0 Å². The van der Waals surface area contributed by atoms with Crippen LogP contribution < -0.4 is 10.1 Å². The molecule has 4 nitrogen and oxygen atoms in total. The molecular formula is C21H20Cl2N2O2S. The molecule has 0 aliphatic heterocycles. The van der Waals surface area contributed by atoms with Crippen LogP contribution in [0.3, 0.4) is 0 Å². The summed E-state index contributed by atoms with van der Waals surface area (Å²) < 4.78 is 5.67. The fraction of sp³-hybridized carbons (Fsp3) is 0.238. The molecular weight excluding hydrogens is 415 g/mol. The van der Waals surface area contributed by atoms with Gasteiger partial charge in [-0.3, -0.25) is 10.1 Å². The molecule has 1 aromatic heterocycles. The van der Waals surface area contributed by atoms with E-state index < -0.39 is 0 Å². The molecule has 3 aromatic rings. The first-order valence-electron chi connectivity index (χ1n) is 9.02. The summed E-state index contributed by atoms with van der Waals surface area (Å²) >= 11 is 13.6. The van der Waals surface area contributed by atoms with Crippen molar-refractivity contribution >= 4 is 45.6 Å². The molecule has 0 aliphatic rings. The number of thiazole rings is 1. The Kier molecular flexibility index (Phi) is 7.31. The standard InChI is InChI=1S/C21H20Cl2N2O2S/c1-2-3-4-11-27-16-8-5-14(6-9-16)20(26)25-21-24-19(13-28-21)17-12-15(22)7-10-18(17)23/h5-10,12-13H,2-4,11H2,1H3,(H,24,25,26). The highest BCUT2D eigenvalue weighted by molar-refractivity contribution is 7.14. The van der Waals surface area contributed by atoms with E-state index in [9.17, 15) is 4.79 Å². The minimum Gasteiger partial charge on any atom is -0.494 e. The third kappa shape index (κ3) is 5.47. The smallest absolute Gasteiger partial charge is 0.257 e. The first-order valence-corrected chi connectivity index (χ1v) is 10.7. The number of nitrogens with one attached hydrogen (secondary N) is 1. The van der Waals surface area contributed by atoms with E-state index in [-0.39, 0.29) is 5.91 Å². The van der Waals surface area contributed by atoms with Gasteiger partial charge in [-0.1, -0.05) is 43.0 Å². The number of halogens is 2. The lowest BCUT2D eigenvalue weighted by Crippen LogP contribution is -2.11. The van der Waals surface area contributed by atoms with Gasteiger partial charge >= 0.3 is 0 Å². The molecule has 0 unspecified atom stereocenters. The van der Waals surface area contributed by atoms with Gasteiger partial charge in [0.25, 0.3) is 5.91 Å². The average Bonchev–Trinajstić information content (AvgIpc) is 3.16. The monoisotopic (exact) mass is 434 g/mol. The fourth-order valence-electron chi connectivity index (χ4n) is 2.56. The number of benzene rings is 2. The van der Waals surface area contributed by atoms with Crippen molar-refractivity contribution in [3.05, 3.63) is 63.5 Å². The molecule has 0 radical (unpaired) electrons. The molecule has 0 bridgehead atoms. The molecule has 0 spiro atoms. The van der Waals surface area contributed by atoms with Crippen LogP contribution >= 0.6 is 34.5 Å². The Balaban J connectivity index is 1.62. The lowest BCUT2D eigenvalue weighted by molar-refractivity contribution is 0.102. The number of anilines is 1. The predicted octanol–water partition coefficient (Wildman–Crippen LogP) is 6.94. The molecule has 1 heterocycles. The van der Waals surface area contributed by atoms with Gasteiger partial charge in [0, 0.05) is 21.5 Å². The summed E-state index contributed by atoms with van der Waals surface area (Å²) in [6.45, 7) is 2.84. The highest BCUT2D eigenvalue weighted by Crippen LogP contribution is 2.32. The number of amides is 1. The molecule has 0 atom stereocenters. The summed E-state index contributed by atoms with van der Waals surface area (Å²) in [5.74, 6) is 0.537. The van der Waals surface area contributed by atoms with E-state index in [2.05, 4.69) is 17.2 Å². The second kappa shape index (κ2) is 9.92.